The van der Waals surface area contributed by atoms with Crippen LogP contribution in [0.1, 0.15) is 107 Å². The Morgan fingerprint density at radius 3 is 1.74 bits per heavy atom. The molecule has 0 aliphatic heterocycles. The summed E-state index contributed by atoms with van der Waals surface area (Å²) in [6, 6.07) is 34.9. The van der Waals surface area contributed by atoms with Gasteiger partial charge in [-0.05, 0) is 40.6 Å². The Hall–Kier alpha value is -2.57. The first-order valence-electron chi connectivity index (χ1n) is 19.0. The summed E-state index contributed by atoms with van der Waals surface area (Å²) in [5.74, 6) is 2.24. The second-order valence-electron chi connectivity index (χ2n) is 17.3. The van der Waals surface area contributed by atoms with Crippen LogP contribution in [0.15, 0.2) is 126 Å². The normalized spacial score (nSPS) is 22.3. The number of hydrogen-bond acceptors (Lipinski definition) is 0. The van der Waals surface area contributed by atoms with Crippen molar-refractivity contribution in [2.75, 3.05) is 0 Å². The number of benzene rings is 3. The van der Waals surface area contributed by atoms with Crippen LogP contribution in [0.4, 0.5) is 0 Å². The van der Waals surface area contributed by atoms with Crippen LogP contribution in [0.2, 0.25) is 0 Å². The molecule has 3 heteroatoms. The largest absolute Gasteiger partial charge is 1.00 e. The van der Waals surface area contributed by atoms with Crippen molar-refractivity contribution in [2.45, 2.75) is 95.4 Å². The maximum absolute atomic E-state index is 2.62. The zero-order valence-electron chi connectivity index (χ0n) is 33.8. The van der Waals surface area contributed by atoms with E-state index in [1.807, 2.05) is 12.1 Å². The molecular weight excluding hydrogens is 763 g/mol. The van der Waals surface area contributed by atoms with E-state index in [9.17, 15) is 0 Å². The molecule has 0 nitrogen and oxygen atoms in total. The van der Waals surface area contributed by atoms with Crippen molar-refractivity contribution < 1.29 is 49.0 Å². The molecule has 4 aliphatic carbocycles. The molecule has 0 spiro atoms. The van der Waals surface area contributed by atoms with Crippen LogP contribution in [-0.4, -0.2) is 3.21 Å². The number of aryl methyl sites for hydroxylation is 3. The SMILES string of the molecule is C[C-]1C2=C3Cc4ccccc4C3=C3C=CCCC3C2(C)C(C)(C)C(C)(C)C1(C)C.C[c-]1cccc1.Cc1ccc([C](=[Zr+2])c2ccc(C)cc2)cc1.[Cl-].[Cl-]. The topological polar surface area (TPSA) is 0 Å². The molecule has 0 aromatic heterocycles. The Morgan fingerprint density at radius 2 is 1.23 bits per heavy atom. The monoisotopic (exact) mass is 818 g/mol. The van der Waals surface area contributed by atoms with Crippen molar-refractivity contribution in [3.05, 3.63) is 171 Å². The van der Waals surface area contributed by atoms with Crippen LogP contribution < -0.4 is 24.8 Å². The number of allylic oxidation sites excluding steroid dienone is 6. The van der Waals surface area contributed by atoms with E-state index in [0.717, 1.165) is 6.42 Å². The van der Waals surface area contributed by atoms with Gasteiger partial charge in [0.05, 0.1) is 0 Å². The van der Waals surface area contributed by atoms with Crippen molar-refractivity contribution in [3.8, 4) is 0 Å². The third kappa shape index (κ3) is 7.30. The van der Waals surface area contributed by atoms with E-state index < -0.39 is 0 Å². The van der Waals surface area contributed by atoms with Crippen molar-refractivity contribution in [3.63, 3.8) is 0 Å². The number of fused-ring (bicyclic) bond motifs is 6. The van der Waals surface area contributed by atoms with E-state index >= 15 is 0 Å². The molecule has 0 N–H and O–H groups in total. The first-order valence-corrected chi connectivity index (χ1v) is 20.2. The summed E-state index contributed by atoms with van der Waals surface area (Å²) in [6.45, 7) is 26.6. The van der Waals surface area contributed by atoms with E-state index in [2.05, 4.69) is 173 Å². The molecule has 1 fully saturated rings. The Labute approximate surface area is 349 Å². The van der Waals surface area contributed by atoms with Gasteiger partial charge in [-0.25, -0.2) is 18.1 Å². The van der Waals surface area contributed by atoms with Gasteiger partial charge in [0, 0.05) is 0 Å². The van der Waals surface area contributed by atoms with E-state index in [4.69, 9.17) is 0 Å². The Balaban J connectivity index is 0.000000220. The second kappa shape index (κ2) is 16.3. The van der Waals surface area contributed by atoms with Crippen molar-refractivity contribution in [1.29, 1.82) is 0 Å². The predicted molar refractivity (Wildman–Crippen MR) is 217 cm³/mol. The summed E-state index contributed by atoms with van der Waals surface area (Å²) in [6.07, 6.45) is 8.50. The fraction of sp³-hybridized carbons (Fsp3) is 0.380. The zero-order chi connectivity index (χ0) is 36.9. The molecule has 2 unspecified atom stereocenters. The Morgan fingerprint density at radius 1 is 0.698 bits per heavy atom. The first kappa shape index (κ1) is 43.2. The molecule has 0 radical (unpaired) electrons. The van der Waals surface area contributed by atoms with Gasteiger partial charge in [0.1, 0.15) is 0 Å². The van der Waals surface area contributed by atoms with Crippen molar-refractivity contribution in [1.82, 2.24) is 0 Å². The molecule has 0 bridgehead atoms. The minimum absolute atomic E-state index is 0. The summed E-state index contributed by atoms with van der Waals surface area (Å²) in [5.41, 5.74) is 17.0. The third-order valence-corrected chi connectivity index (χ3v) is 15.7. The van der Waals surface area contributed by atoms with Crippen LogP contribution in [0.3, 0.4) is 0 Å². The number of halogens is 2. The van der Waals surface area contributed by atoms with Crippen LogP contribution in [0.25, 0.3) is 5.57 Å². The quantitative estimate of drug-likeness (QED) is 0.190. The minimum atomic E-state index is 0. The summed E-state index contributed by atoms with van der Waals surface area (Å²) < 4.78 is 1.42. The van der Waals surface area contributed by atoms with Gasteiger partial charge in [0.25, 0.3) is 0 Å². The molecule has 0 heterocycles. The van der Waals surface area contributed by atoms with Gasteiger partial charge in [0.2, 0.25) is 0 Å². The summed E-state index contributed by atoms with van der Waals surface area (Å²) >= 11 is 1.46. The van der Waals surface area contributed by atoms with Gasteiger partial charge >= 0.3 is 112 Å². The zero-order valence-corrected chi connectivity index (χ0v) is 37.8. The van der Waals surface area contributed by atoms with Crippen molar-refractivity contribution in [2.24, 2.45) is 27.6 Å². The first-order chi connectivity index (χ1) is 24.0. The molecule has 8 rings (SSSR count). The van der Waals surface area contributed by atoms with E-state index in [-0.39, 0.29) is 46.5 Å². The van der Waals surface area contributed by atoms with Crippen molar-refractivity contribution >= 4 is 8.78 Å². The summed E-state index contributed by atoms with van der Waals surface area (Å²) in [5, 5.41) is 0. The Bertz CT molecular complexity index is 1950. The molecule has 2 atom stereocenters. The average molecular weight is 821 g/mol. The maximum Gasteiger partial charge on any atom is -1.00 e. The molecule has 4 aromatic carbocycles. The fourth-order valence-corrected chi connectivity index (χ4v) is 10.5. The molecule has 0 amide bonds. The number of rotatable bonds is 2. The Kier molecular flexibility index (Phi) is 13.2. The van der Waals surface area contributed by atoms with Gasteiger partial charge in [-0.2, -0.15) is 28.8 Å². The maximum atomic E-state index is 2.62. The minimum Gasteiger partial charge on any atom is -1.00 e. The smallest absolute Gasteiger partial charge is 1.00 e. The standard InChI is InChI=1S/C29H37.C15H14.C6H7.2ClH.Zr/c1-18-25-22-17-19-13-9-10-14-20(19)24(22)21-15-11-12-16-23(21)29(25,8)28(6,7)27(4,5)26(18,2)3;1-12-3-7-14(8-4-12)11-15-9-5-13(2)6-10-15;1-6-4-2-3-5-6;;;/h9-11,13-15,23H,12,16-17H2,1-8H3;3-10H,1-2H3;2-5H,1H3;2*1H;/q-1;;-1;;;+2/p-2. The summed E-state index contributed by atoms with van der Waals surface area (Å²) in [4.78, 5) is 0. The second-order valence-corrected chi connectivity index (χ2v) is 18.6. The third-order valence-electron chi connectivity index (χ3n) is 14.3. The molecule has 0 saturated heterocycles. The molecule has 53 heavy (non-hydrogen) atoms. The molecule has 4 aliphatic rings. The van der Waals surface area contributed by atoms with Crippen LogP contribution >= 0.6 is 0 Å². The average Bonchev–Trinajstić information content (AvgIpc) is 3.75. The van der Waals surface area contributed by atoms with Gasteiger partial charge in [-0.15, -0.1) is 6.92 Å². The molecule has 1 saturated carbocycles. The van der Waals surface area contributed by atoms with Crippen LogP contribution in [0.5, 0.6) is 0 Å². The van der Waals surface area contributed by atoms with Gasteiger partial charge in [0.15, 0.2) is 0 Å². The number of hydrogen-bond donors (Lipinski definition) is 0. The fourth-order valence-electron chi connectivity index (χ4n) is 9.65. The van der Waals surface area contributed by atoms with Crippen LogP contribution in [-0.2, 0) is 30.7 Å². The predicted octanol–water partition coefficient (Wildman–Crippen LogP) is 7.11. The van der Waals surface area contributed by atoms with Gasteiger partial charge < -0.3 is 24.8 Å². The van der Waals surface area contributed by atoms with E-state index in [1.54, 1.807) is 28.2 Å². The summed E-state index contributed by atoms with van der Waals surface area (Å²) in [7, 11) is 0. The van der Waals surface area contributed by atoms with Crippen LogP contribution in [0, 0.1) is 54.3 Å². The molecular formula is C50H58Cl2Zr-2. The van der Waals surface area contributed by atoms with Gasteiger partial charge in [-0.1, -0.05) is 120 Å². The van der Waals surface area contributed by atoms with Gasteiger partial charge in [-0.3, -0.25) is 0 Å². The molecule has 278 valence electrons. The van der Waals surface area contributed by atoms with E-state index in [0.29, 0.717) is 5.92 Å². The molecule has 4 aromatic rings. The van der Waals surface area contributed by atoms with E-state index in [1.165, 1.54) is 79.2 Å².